The second-order valence-corrected chi connectivity index (χ2v) is 7.78. The number of amides is 1. The molecule has 1 heterocycles. The van der Waals surface area contributed by atoms with E-state index < -0.39 is 9.84 Å². The Morgan fingerprint density at radius 3 is 2.79 bits per heavy atom. The van der Waals surface area contributed by atoms with Crippen molar-refractivity contribution in [1.29, 1.82) is 0 Å². The Balaban J connectivity index is 2.27. The summed E-state index contributed by atoms with van der Waals surface area (Å²) in [4.78, 5) is 14.6. The summed E-state index contributed by atoms with van der Waals surface area (Å²) >= 11 is 10.2. The molecule has 1 atom stereocenters. The van der Waals surface area contributed by atoms with Crippen molar-refractivity contribution >= 4 is 40.0 Å². The lowest BCUT2D eigenvalue weighted by molar-refractivity contribution is 0.0712. The normalized spacial score (nSPS) is 22.3. The van der Waals surface area contributed by atoms with Crippen LogP contribution in [0.3, 0.4) is 0 Å². The molecule has 104 valence electrons. The van der Waals surface area contributed by atoms with E-state index in [0.29, 0.717) is 15.5 Å². The van der Waals surface area contributed by atoms with Crippen molar-refractivity contribution < 1.29 is 13.2 Å². The molecule has 0 aliphatic carbocycles. The van der Waals surface area contributed by atoms with Crippen LogP contribution in [-0.4, -0.2) is 43.3 Å². The minimum atomic E-state index is -3.04. The molecule has 0 radical (unpaired) electrons. The number of nitrogens with zero attached hydrogens (tertiary/aromatic N) is 1. The molecule has 2 rings (SSSR count). The van der Waals surface area contributed by atoms with Crippen molar-refractivity contribution in [2.45, 2.75) is 17.9 Å². The zero-order valence-corrected chi connectivity index (χ0v) is 12.8. The van der Waals surface area contributed by atoms with Crippen LogP contribution in [0.2, 0.25) is 5.02 Å². The number of benzene rings is 1. The van der Waals surface area contributed by atoms with Crippen molar-refractivity contribution in [1.82, 2.24) is 4.90 Å². The average molecular weight is 320 g/mol. The lowest BCUT2D eigenvalue weighted by Crippen LogP contribution is -2.49. The fourth-order valence-electron chi connectivity index (χ4n) is 2.13. The standard InChI is InChI=1S/C12H14ClNO3S2/c1-8-7-19(16,17)5-4-14(8)12(15)10-6-9(18)2-3-11(10)13/h2-3,6,8,18H,4-5,7H2,1H3. The molecule has 1 aliphatic heterocycles. The fourth-order valence-corrected chi connectivity index (χ4v) is 4.09. The van der Waals surface area contributed by atoms with Gasteiger partial charge in [-0.05, 0) is 25.1 Å². The van der Waals surface area contributed by atoms with E-state index in [-0.39, 0.29) is 30.0 Å². The maximum atomic E-state index is 12.4. The molecule has 0 bridgehead atoms. The van der Waals surface area contributed by atoms with Crippen molar-refractivity contribution in [2.75, 3.05) is 18.1 Å². The molecule has 0 saturated carbocycles. The first-order valence-electron chi connectivity index (χ1n) is 5.80. The Morgan fingerprint density at radius 1 is 1.47 bits per heavy atom. The monoisotopic (exact) mass is 319 g/mol. The van der Waals surface area contributed by atoms with E-state index in [4.69, 9.17) is 11.6 Å². The summed E-state index contributed by atoms with van der Waals surface area (Å²) in [6.45, 7) is 1.93. The summed E-state index contributed by atoms with van der Waals surface area (Å²) in [5.74, 6) is -0.249. The van der Waals surface area contributed by atoms with Crippen LogP contribution in [0.25, 0.3) is 0 Å². The van der Waals surface area contributed by atoms with Crippen molar-refractivity contribution in [3.05, 3.63) is 28.8 Å². The number of sulfone groups is 1. The van der Waals surface area contributed by atoms with Gasteiger partial charge in [-0.15, -0.1) is 12.6 Å². The predicted octanol–water partition coefficient (Wildman–Crippen LogP) is 1.89. The van der Waals surface area contributed by atoms with E-state index in [0.717, 1.165) is 0 Å². The maximum absolute atomic E-state index is 12.4. The van der Waals surface area contributed by atoms with Crippen LogP contribution in [0.4, 0.5) is 0 Å². The molecular formula is C12H14ClNO3S2. The Hall–Kier alpha value is -0.720. The third-order valence-corrected chi connectivity index (χ3v) is 5.51. The quantitative estimate of drug-likeness (QED) is 0.804. The summed E-state index contributed by atoms with van der Waals surface area (Å²) < 4.78 is 23.0. The van der Waals surface area contributed by atoms with Crippen molar-refractivity contribution in [2.24, 2.45) is 0 Å². The topological polar surface area (TPSA) is 54.5 Å². The van der Waals surface area contributed by atoms with Gasteiger partial charge in [-0.25, -0.2) is 8.42 Å². The van der Waals surface area contributed by atoms with Gasteiger partial charge < -0.3 is 4.90 Å². The molecule has 0 N–H and O–H groups in total. The lowest BCUT2D eigenvalue weighted by atomic mass is 10.1. The first-order valence-corrected chi connectivity index (χ1v) is 8.45. The van der Waals surface area contributed by atoms with Crippen molar-refractivity contribution in [3.63, 3.8) is 0 Å². The fraction of sp³-hybridized carbons (Fsp3) is 0.417. The minimum absolute atomic E-state index is 0.00125. The molecule has 1 unspecified atom stereocenters. The minimum Gasteiger partial charge on any atom is -0.334 e. The summed E-state index contributed by atoms with van der Waals surface area (Å²) in [5, 5.41) is 0.350. The van der Waals surface area contributed by atoms with E-state index in [1.54, 1.807) is 30.0 Å². The van der Waals surface area contributed by atoms with Crippen LogP contribution in [-0.2, 0) is 9.84 Å². The molecular weight excluding hydrogens is 306 g/mol. The van der Waals surface area contributed by atoms with Gasteiger partial charge >= 0.3 is 0 Å². The zero-order valence-electron chi connectivity index (χ0n) is 10.3. The largest absolute Gasteiger partial charge is 0.334 e. The molecule has 19 heavy (non-hydrogen) atoms. The summed E-state index contributed by atoms with van der Waals surface area (Å²) in [6.07, 6.45) is 0. The van der Waals surface area contributed by atoms with E-state index in [9.17, 15) is 13.2 Å². The van der Waals surface area contributed by atoms with Gasteiger partial charge in [0.25, 0.3) is 5.91 Å². The van der Waals surface area contributed by atoms with Gasteiger partial charge in [0.15, 0.2) is 9.84 Å². The molecule has 1 fully saturated rings. The summed E-state index contributed by atoms with van der Waals surface area (Å²) in [7, 11) is -3.04. The number of carbonyl (C=O) groups excluding carboxylic acids is 1. The SMILES string of the molecule is CC1CS(=O)(=O)CCN1C(=O)c1cc(S)ccc1Cl. The number of hydrogen-bond donors (Lipinski definition) is 1. The van der Waals surface area contributed by atoms with Crippen LogP contribution < -0.4 is 0 Å². The predicted molar refractivity (Wildman–Crippen MR) is 77.9 cm³/mol. The maximum Gasteiger partial charge on any atom is 0.255 e. The third kappa shape index (κ3) is 3.24. The van der Waals surface area contributed by atoms with Crippen LogP contribution in [0.1, 0.15) is 17.3 Å². The lowest BCUT2D eigenvalue weighted by Gasteiger charge is -2.33. The van der Waals surface area contributed by atoms with Gasteiger partial charge in [0, 0.05) is 17.5 Å². The number of hydrogen-bond acceptors (Lipinski definition) is 4. The van der Waals surface area contributed by atoms with Gasteiger partial charge in [-0.2, -0.15) is 0 Å². The Bertz CT molecular complexity index is 615. The highest BCUT2D eigenvalue weighted by atomic mass is 35.5. The van der Waals surface area contributed by atoms with E-state index in [1.165, 1.54) is 0 Å². The molecule has 0 aromatic heterocycles. The number of halogens is 1. The van der Waals surface area contributed by atoms with Crippen molar-refractivity contribution in [3.8, 4) is 0 Å². The second-order valence-electron chi connectivity index (χ2n) is 4.63. The highest BCUT2D eigenvalue weighted by molar-refractivity contribution is 7.91. The van der Waals surface area contributed by atoms with Crippen LogP contribution in [0, 0.1) is 0 Å². The summed E-state index contributed by atoms with van der Waals surface area (Å²) in [5.41, 5.74) is 0.361. The Labute approximate surface area is 123 Å². The van der Waals surface area contributed by atoms with Crippen LogP contribution in [0.15, 0.2) is 23.1 Å². The second kappa shape index (κ2) is 5.34. The number of carbonyl (C=O) groups is 1. The molecule has 1 aliphatic rings. The van der Waals surface area contributed by atoms with Crippen LogP contribution in [0.5, 0.6) is 0 Å². The highest BCUT2D eigenvalue weighted by Gasteiger charge is 2.32. The van der Waals surface area contributed by atoms with Gasteiger partial charge in [-0.1, -0.05) is 11.6 Å². The Morgan fingerprint density at radius 2 is 2.16 bits per heavy atom. The molecule has 1 aromatic rings. The highest BCUT2D eigenvalue weighted by Crippen LogP contribution is 2.23. The number of rotatable bonds is 1. The number of thiol groups is 1. The smallest absolute Gasteiger partial charge is 0.255 e. The first kappa shape index (κ1) is 14.7. The van der Waals surface area contributed by atoms with Gasteiger partial charge in [0.2, 0.25) is 0 Å². The average Bonchev–Trinajstić information content (AvgIpc) is 2.30. The van der Waals surface area contributed by atoms with Crippen LogP contribution >= 0.6 is 24.2 Å². The van der Waals surface area contributed by atoms with E-state index in [1.807, 2.05) is 0 Å². The zero-order chi connectivity index (χ0) is 14.2. The van der Waals surface area contributed by atoms with E-state index in [2.05, 4.69) is 12.6 Å². The molecule has 1 aromatic carbocycles. The van der Waals surface area contributed by atoms with Gasteiger partial charge in [0.1, 0.15) is 0 Å². The third-order valence-electron chi connectivity index (χ3n) is 3.11. The molecule has 1 saturated heterocycles. The van der Waals surface area contributed by atoms with Gasteiger partial charge in [-0.3, -0.25) is 4.79 Å². The van der Waals surface area contributed by atoms with Gasteiger partial charge in [0.05, 0.1) is 22.1 Å². The molecule has 7 heteroatoms. The molecule has 0 spiro atoms. The van der Waals surface area contributed by atoms with E-state index >= 15 is 0 Å². The Kier molecular flexibility index (Phi) is 4.13. The molecule has 4 nitrogen and oxygen atoms in total. The molecule has 1 amide bonds. The summed E-state index contributed by atoms with van der Waals surface area (Å²) in [6, 6.07) is 4.57. The first-order chi connectivity index (χ1) is 8.80.